The number of aromatic nitrogens is 2. The molecule has 0 radical (unpaired) electrons. The minimum absolute atomic E-state index is 0.0890. The molecule has 2 rings (SSSR count). The summed E-state index contributed by atoms with van der Waals surface area (Å²) in [5.74, 6) is -0.788. The molecule has 4 nitrogen and oxygen atoms in total. The fourth-order valence-electron chi connectivity index (χ4n) is 1.65. The molecule has 2 heterocycles. The van der Waals surface area contributed by atoms with Crippen LogP contribution in [0.2, 0.25) is 0 Å². The Labute approximate surface area is 100 Å². The Morgan fingerprint density at radius 3 is 2.78 bits per heavy atom. The molecule has 0 atom stereocenters. The van der Waals surface area contributed by atoms with Crippen LogP contribution in [0.5, 0.6) is 0 Å². The first kappa shape index (κ1) is 12.4. The highest BCUT2D eigenvalue weighted by Crippen LogP contribution is 2.31. The predicted molar refractivity (Wildman–Crippen MR) is 58.2 cm³/mol. The maximum Gasteiger partial charge on any atom is 0.435 e. The monoisotopic (exact) mass is 257 g/mol. The van der Waals surface area contributed by atoms with Gasteiger partial charge in [0.25, 0.3) is 5.91 Å². The summed E-state index contributed by atoms with van der Waals surface area (Å²) >= 11 is 0. The van der Waals surface area contributed by atoms with Gasteiger partial charge in [0.2, 0.25) is 0 Å². The zero-order valence-electron chi connectivity index (χ0n) is 9.45. The number of alkyl halides is 3. The van der Waals surface area contributed by atoms with E-state index in [-0.39, 0.29) is 12.2 Å². The van der Waals surface area contributed by atoms with Crippen LogP contribution >= 0.6 is 0 Å². The molecule has 0 aromatic carbocycles. The Morgan fingerprint density at radius 2 is 2.17 bits per heavy atom. The topological polar surface area (TPSA) is 46.4 Å². The minimum atomic E-state index is -4.66. The van der Waals surface area contributed by atoms with Crippen LogP contribution in [0.1, 0.15) is 23.1 Å². The highest BCUT2D eigenvalue weighted by atomic mass is 19.4. The van der Waals surface area contributed by atoms with E-state index < -0.39 is 23.5 Å². The fourth-order valence-corrected chi connectivity index (χ4v) is 1.65. The average Bonchev–Trinajstić information content (AvgIpc) is 2.68. The van der Waals surface area contributed by atoms with Gasteiger partial charge < -0.3 is 5.32 Å². The van der Waals surface area contributed by atoms with Gasteiger partial charge in [-0.2, -0.15) is 13.2 Å². The number of hydrogen-bond donors (Lipinski definition) is 1. The number of carbonyl (C=O) groups is 1. The third kappa shape index (κ3) is 2.03. The number of rotatable bonds is 2. The van der Waals surface area contributed by atoms with Gasteiger partial charge in [-0.1, -0.05) is 6.07 Å². The van der Waals surface area contributed by atoms with Crippen molar-refractivity contribution in [2.75, 3.05) is 6.54 Å². The van der Waals surface area contributed by atoms with Crippen LogP contribution in [0.25, 0.3) is 5.65 Å². The van der Waals surface area contributed by atoms with Crippen molar-refractivity contribution in [3.8, 4) is 0 Å². The molecule has 0 saturated heterocycles. The zero-order chi connectivity index (χ0) is 13.3. The third-order valence-electron chi connectivity index (χ3n) is 2.35. The van der Waals surface area contributed by atoms with Crippen LogP contribution in [0, 0.1) is 0 Å². The van der Waals surface area contributed by atoms with Crippen LogP contribution in [0.3, 0.4) is 0 Å². The predicted octanol–water partition coefficient (Wildman–Crippen LogP) is 2.10. The van der Waals surface area contributed by atoms with E-state index in [0.717, 1.165) is 4.40 Å². The molecule has 0 bridgehead atoms. The number of hydrogen-bond acceptors (Lipinski definition) is 2. The smallest absolute Gasteiger partial charge is 0.351 e. The second-order valence-electron chi connectivity index (χ2n) is 3.60. The summed E-state index contributed by atoms with van der Waals surface area (Å²) < 4.78 is 39.6. The van der Waals surface area contributed by atoms with E-state index >= 15 is 0 Å². The molecular weight excluding hydrogens is 247 g/mol. The van der Waals surface area contributed by atoms with Crippen molar-refractivity contribution in [1.82, 2.24) is 14.7 Å². The Morgan fingerprint density at radius 1 is 1.44 bits per heavy atom. The fraction of sp³-hybridized carbons (Fsp3) is 0.273. The van der Waals surface area contributed by atoms with Crippen molar-refractivity contribution in [2.24, 2.45) is 0 Å². The molecule has 0 spiro atoms. The van der Waals surface area contributed by atoms with Gasteiger partial charge in [0.15, 0.2) is 5.69 Å². The normalized spacial score (nSPS) is 11.8. The van der Waals surface area contributed by atoms with Gasteiger partial charge >= 0.3 is 6.18 Å². The van der Waals surface area contributed by atoms with E-state index in [9.17, 15) is 18.0 Å². The molecule has 0 saturated carbocycles. The quantitative estimate of drug-likeness (QED) is 0.895. The third-order valence-corrected chi connectivity index (χ3v) is 2.35. The van der Waals surface area contributed by atoms with Crippen LogP contribution in [0.15, 0.2) is 24.4 Å². The number of imidazole rings is 1. The number of carbonyl (C=O) groups excluding carboxylic acids is 1. The Balaban J connectivity index is 2.69. The van der Waals surface area contributed by atoms with Crippen molar-refractivity contribution in [2.45, 2.75) is 13.1 Å². The number of amides is 1. The molecular formula is C11H10F3N3O. The van der Waals surface area contributed by atoms with Gasteiger partial charge in [0, 0.05) is 12.7 Å². The van der Waals surface area contributed by atoms with E-state index in [1.807, 2.05) is 0 Å². The molecule has 2 aromatic rings. The molecule has 96 valence electrons. The summed E-state index contributed by atoms with van der Waals surface area (Å²) in [5.41, 5.74) is -1.56. The van der Waals surface area contributed by atoms with E-state index in [2.05, 4.69) is 10.3 Å². The highest BCUT2D eigenvalue weighted by molar-refractivity contribution is 5.94. The van der Waals surface area contributed by atoms with Crippen molar-refractivity contribution >= 4 is 11.6 Å². The Bertz CT molecular complexity index is 589. The van der Waals surface area contributed by atoms with Crippen LogP contribution in [0.4, 0.5) is 13.2 Å². The SMILES string of the molecule is CCNC(=O)c1c(C(F)(F)F)nc2ccccn12. The van der Waals surface area contributed by atoms with Crippen molar-refractivity contribution < 1.29 is 18.0 Å². The summed E-state index contributed by atoms with van der Waals surface area (Å²) in [5, 5.41) is 2.35. The summed E-state index contributed by atoms with van der Waals surface area (Å²) in [6.07, 6.45) is -3.28. The minimum Gasteiger partial charge on any atom is -0.351 e. The van der Waals surface area contributed by atoms with Crippen LogP contribution in [-0.4, -0.2) is 21.8 Å². The lowest BCUT2D eigenvalue weighted by Gasteiger charge is -2.07. The summed E-state index contributed by atoms with van der Waals surface area (Å²) in [6.45, 7) is 1.88. The summed E-state index contributed by atoms with van der Waals surface area (Å²) in [6, 6.07) is 4.51. The Hall–Kier alpha value is -2.05. The molecule has 0 aliphatic carbocycles. The zero-order valence-corrected chi connectivity index (χ0v) is 9.45. The molecule has 7 heteroatoms. The lowest BCUT2D eigenvalue weighted by atomic mass is 10.3. The number of fused-ring (bicyclic) bond motifs is 1. The molecule has 0 fully saturated rings. The van der Waals surface area contributed by atoms with Gasteiger partial charge in [0.05, 0.1) is 0 Å². The van der Waals surface area contributed by atoms with E-state index in [1.165, 1.54) is 18.3 Å². The maximum absolute atomic E-state index is 12.8. The average molecular weight is 257 g/mol. The molecule has 2 aromatic heterocycles. The van der Waals surface area contributed by atoms with Crippen LogP contribution < -0.4 is 5.32 Å². The van der Waals surface area contributed by atoms with Crippen molar-refractivity contribution in [3.05, 3.63) is 35.8 Å². The number of nitrogens with zero attached hydrogens (tertiary/aromatic N) is 2. The summed E-state index contributed by atoms with van der Waals surface area (Å²) in [4.78, 5) is 15.2. The van der Waals surface area contributed by atoms with E-state index in [1.54, 1.807) is 13.0 Å². The van der Waals surface area contributed by atoms with Gasteiger partial charge in [-0.15, -0.1) is 0 Å². The lowest BCUT2D eigenvalue weighted by molar-refractivity contribution is -0.141. The van der Waals surface area contributed by atoms with Gasteiger partial charge in [-0.3, -0.25) is 9.20 Å². The Kier molecular flexibility index (Phi) is 2.98. The largest absolute Gasteiger partial charge is 0.435 e. The number of pyridine rings is 1. The van der Waals surface area contributed by atoms with Gasteiger partial charge in [-0.05, 0) is 19.1 Å². The van der Waals surface area contributed by atoms with E-state index in [4.69, 9.17) is 0 Å². The molecule has 0 aliphatic heterocycles. The first-order valence-corrected chi connectivity index (χ1v) is 5.27. The van der Waals surface area contributed by atoms with Crippen molar-refractivity contribution in [3.63, 3.8) is 0 Å². The molecule has 1 amide bonds. The molecule has 18 heavy (non-hydrogen) atoms. The molecule has 0 unspecified atom stereocenters. The highest BCUT2D eigenvalue weighted by Gasteiger charge is 2.39. The first-order chi connectivity index (χ1) is 8.45. The van der Waals surface area contributed by atoms with Crippen LogP contribution in [-0.2, 0) is 6.18 Å². The molecule has 0 aliphatic rings. The lowest BCUT2D eigenvalue weighted by Crippen LogP contribution is -2.27. The van der Waals surface area contributed by atoms with Gasteiger partial charge in [-0.25, -0.2) is 4.98 Å². The van der Waals surface area contributed by atoms with Crippen molar-refractivity contribution in [1.29, 1.82) is 0 Å². The number of halogens is 3. The van der Waals surface area contributed by atoms with Gasteiger partial charge in [0.1, 0.15) is 11.3 Å². The maximum atomic E-state index is 12.8. The second kappa shape index (κ2) is 4.32. The standard InChI is InChI=1S/C11H10F3N3O/c1-2-15-10(18)8-9(11(12,13)14)16-7-5-3-4-6-17(7)8/h3-6H,2H2,1H3,(H,15,18). The molecule has 1 N–H and O–H groups in total. The van der Waals surface area contributed by atoms with E-state index in [0.29, 0.717) is 0 Å². The first-order valence-electron chi connectivity index (χ1n) is 5.27. The summed E-state index contributed by atoms with van der Waals surface area (Å²) in [7, 11) is 0. The number of nitrogens with one attached hydrogen (secondary N) is 1. The second-order valence-corrected chi connectivity index (χ2v) is 3.60.